The standard InChI is InChI=1S/C27H36N4O4/c1-21-8-9-24(27(33)31-16-14-29(15-17-31)18-19-34-2)26(28-21)22-10-12-30(13-11-22)25(32)20-35-23-6-4-3-5-7-23/h3-9,22H,10-20H2,1-2H3. The first-order valence-corrected chi connectivity index (χ1v) is 12.5. The van der Waals surface area contributed by atoms with E-state index >= 15 is 0 Å². The molecule has 2 aliphatic heterocycles. The number of ether oxygens (including phenoxy) is 2. The minimum atomic E-state index is -0.00727. The van der Waals surface area contributed by atoms with Crippen LogP contribution in [-0.4, -0.2) is 97.6 Å². The molecule has 2 aromatic rings. The number of carbonyl (C=O) groups is 2. The van der Waals surface area contributed by atoms with Crippen LogP contribution in [0.25, 0.3) is 0 Å². The molecule has 0 atom stereocenters. The van der Waals surface area contributed by atoms with Gasteiger partial charge in [-0.05, 0) is 44.0 Å². The normalized spacial score (nSPS) is 17.4. The number of para-hydroxylation sites is 1. The van der Waals surface area contributed by atoms with Crippen molar-refractivity contribution in [1.29, 1.82) is 0 Å². The van der Waals surface area contributed by atoms with Crippen LogP contribution in [0.3, 0.4) is 0 Å². The van der Waals surface area contributed by atoms with E-state index in [1.807, 2.05) is 59.2 Å². The number of piperazine rings is 1. The number of hydrogen-bond donors (Lipinski definition) is 0. The second-order valence-corrected chi connectivity index (χ2v) is 9.27. The molecule has 0 bridgehead atoms. The number of pyridine rings is 1. The first-order chi connectivity index (χ1) is 17.0. The van der Waals surface area contributed by atoms with Crippen LogP contribution in [0.4, 0.5) is 0 Å². The lowest BCUT2D eigenvalue weighted by molar-refractivity contribution is -0.134. The zero-order valence-corrected chi connectivity index (χ0v) is 20.8. The predicted molar refractivity (Wildman–Crippen MR) is 134 cm³/mol. The molecule has 1 aromatic carbocycles. The van der Waals surface area contributed by atoms with Gasteiger partial charge in [-0.3, -0.25) is 19.5 Å². The van der Waals surface area contributed by atoms with Gasteiger partial charge in [-0.25, -0.2) is 0 Å². The van der Waals surface area contributed by atoms with Crippen molar-refractivity contribution in [2.24, 2.45) is 0 Å². The molecule has 0 N–H and O–H groups in total. The van der Waals surface area contributed by atoms with Gasteiger partial charge >= 0.3 is 0 Å². The van der Waals surface area contributed by atoms with Crippen LogP contribution in [0.2, 0.25) is 0 Å². The highest BCUT2D eigenvalue weighted by atomic mass is 16.5. The molecule has 2 saturated heterocycles. The molecule has 0 saturated carbocycles. The molecule has 3 heterocycles. The van der Waals surface area contributed by atoms with E-state index in [0.29, 0.717) is 44.1 Å². The van der Waals surface area contributed by atoms with Crippen LogP contribution < -0.4 is 4.74 Å². The van der Waals surface area contributed by atoms with Crippen molar-refractivity contribution in [3.63, 3.8) is 0 Å². The summed E-state index contributed by atoms with van der Waals surface area (Å²) in [7, 11) is 1.71. The Kier molecular flexibility index (Phi) is 8.71. The number of aromatic nitrogens is 1. The molecule has 4 rings (SSSR count). The third-order valence-electron chi connectivity index (χ3n) is 6.91. The minimum absolute atomic E-state index is 0.00727. The number of piperidine rings is 1. The van der Waals surface area contributed by atoms with Crippen LogP contribution >= 0.6 is 0 Å². The first kappa shape index (κ1) is 25.1. The van der Waals surface area contributed by atoms with Crippen molar-refractivity contribution < 1.29 is 19.1 Å². The van der Waals surface area contributed by atoms with Gasteiger partial charge in [0.15, 0.2) is 6.61 Å². The molecule has 1 aromatic heterocycles. The molecule has 2 aliphatic rings. The third kappa shape index (κ3) is 6.58. The number of hydrogen-bond acceptors (Lipinski definition) is 6. The van der Waals surface area contributed by atoms with Crippen molar-refractivity contribution in [3.05, 3.63) is 59.4 Å². The van der Waals surface area contributed by atoms with Gasteiger partial charge < -0.3 is 19.3 Å². The Morgan fingerprint density at radius 3 is 2.34 bits per heavy atom. The molecule has 2 amide bonds. The summed E-state index contributed by atoms with van der Waals surface area (Å²) >= 11 is 0. The van der Waals surface area contributed by atoms with Crippen LogP contribution in [0.1, 0.15) is 40.5 Å². The molecule has 0 spiro atoms. The van der Waals surface area contributed by atoms with Gasteiger partial charge in [0.1, 0.15) is 5.75 Å². The Hall–Kier alpha value is -2.97. The summed E-state index contributed by atoms with van der Waals surface area (Å²) in [6.07, 6.45) is 1.58. The van der Waals surface area contributed by atoms with E-state index in [1.165, 1.54) is 0 Å². The molecule has 188 valence electrons. The average molecular weight is 481 g/mol. The molecule has 8 nitrogen and oxygen atoms in total. The van der Waals surface area contributed by atoms with E-state index in [0.717, 1.165) is 43.9 Å². The third-order valence-corrected chi connectivity index (χ3v) is 6.91. The summed E-state index contributed by atoms with van der Waals surface area (Å²) in [5.41, 5.74) is 2.50. The number of likely N-dealkylation sites (tertiary alicyclic amines) is 1. The zero-order chi connectivity index (χ0) is 24.6. The van der Waals surface area contributed by atoms with Crippen LogP contribution in [0, 0.1) is 6.92 Å². The first-order valence-electron chi connectivity index (χ1n) is 12.5. The molecular weight excluding hydrogens is 444 g/mol. The zero-order valence-electron chi connectivity index (χ0n) is 20.8. The molecule has 35 heavy (non-hydrogen) atoms. The Labute approximate surface area is 207 Å². The summed E-state index contributed by atoms with van der Waals surface area (Å²) in [6, 6.07) is 13.2. The molecule has 8 heteroatoms. The Bertz CT molecular complexity index is 984. The van der Waals surface area contributed by atoms with E-state index < -0.39 is 0 Å². The number of benzene rings is 1. The van der Waals surface area contributed by atoms with E-state index in [-0.39, 0.29) is 24.3 Å². The molecule has 0 radical (unpaired) electrons. The highest BCUT2D eigenvalue weighted by molar-refractivity contribution is 5.95. The van der Waals surface area contributed by atoms with Crippen molar-refractivity contribution >= 4 is 11.8 Å². The number of rotatable bonds is 8. The lowest BCUT2D eigenvalue weighted by Crippen LogP contribution is -2.49. The van der Waals surface area contributed by atoms with Crippen LogP contribution in [0.5, 0.6) is 5.75 Å². The second kappa shape index (κ2) is 12.1. The maximum Gasteiger partial charge on any atom is 0.260 e. The molecule has 0 aliphatic carbocycles. The van der Waals surface area contributed by atoms with Crippen molar-refractivity contribution in [3.8, 4) is 5.75 Å². The Morgan fingerprint density at radius 2 is 1.66 bits per heavy atom. The van der Waals surface area contributed by atoms with Crippen LogP contribution in [0.15, 0.2) is 42.5 Å². The summed E-state index contributed by atoms with van der Waals surface area (Å²) in [5.74, 6) is 0.916. The summed E-state index contributed by atoms with van der Waals surface area (Å²) < 4.78 is 10.8. The smallest absolute Gasteiger partial charge is 0.260 e. The lowest BCUT2D eigenvalue weighted by atomic mass is 9.89. The van der Waals surface area contributed by atoms with Gasteiger partial charge in [0.25, 0.3) is 11.8 Å². The maximum atomic E-state index is 13.4. The van der Waals surface area contributed by atoms with Gasteiger partial charge in [0.05, 0.1) is 17.9 Å². The number of methoxy groups -OCH3 is 1. The second-order valence-electron chi connectivity index (χ2n) is 9.27. The minimum Gasteiger partial charge on any atom is -0.484 e. The van der Waals surface area contributed by atoms with Gasteiger partial charge in [-0.2, -0.15) is 0 Å². The van der Waals surface area contributed by atoms with E-state index in [2.05, 4.69) is 4.90 Å². The van der Waals surface area contributed by atoms with Crippen molar-refractivity contribution in [2.75, 3.05) is 66.1 Å². The SMILES string of the molecule is COCCN1CCN(C(=O)c2ccc(C)nc2C2CCN(C(=O)COc3ccccc3)CC2)CC1. The topological polar surface area (TPSA) is 75.2 Å². The van der Waals surface area contributed by atoms with E-state index in [1.54, 1.807) is 7.11 Å². The predicted octanol–water partition coefficient (Wildman–Crippen LogP) is 2.58. The number of aryl methyl sites for hydroxylation is 1. The fourth-order valence-electron chi connectivity index (χ4n) is 4.79. The van der Waals surface area contributed by atoms with Gasteiger partial charge in [-0.15, -0.1) is 0 Å². The molecular formula is C27H36N4O4. The summed E-state index contributed by atoms with van der Waals surface area (Å²) in [4.78, 5) is 37.0. The van der Waals surface area contributed by atoms with E-state index in [4.69, 9.17) is 14.5 Å². The fraction of sp³-hybridized carbons (Fsp3) is 0.519. The highest BCUT2D eigenvalue weighted by Gasteiger charge is 2.30. The van der Waals surface area contributed by atoms with Gasteiger partial charge in [0.2, 0.25) is 0 Å². The lowest BCUT2D eigenvalue weighted by Gasteiger charge is -2.36. The molecule has 0 unspecified atom stereocenters. The Morgan fingerprint density at radius 1 is 0.943 bits per heavy atom. The summed E-state index contributed by atoms with van der Waals surface area (Å²) in [6.45, 7) is 8.03. The maximum absolute atomic E-state index is 13.4. The largest absolute Gasteiger partial charge is 0.484 e. The number of nitrogens with zero attached hydrogens (tertiary/aromatic N) is 4. The van der Waals surface area contributed by atoms with E-state index in [9.17, 15) is 9.59 Å². The summed E-state index contributed by atoms with van der Waals surface area (Å²) in [5, 5.41) is 0. The van der Waals surface area contributed by atoms with Crippen molar-refractivity contribution in [1.82, 2.24) is 19.7 Å². The van der Waals surface area contributed by atoms with Gasteiger partial charge in [0, 0.05) is 64.5 Å². The van der Waals surface area contributed by atoms with Crippen molar-refractivity contribution in [2.45, 2.75) is 25.7 Å². The number of amides is 2. The average Bonchev–Trinajstić information content (AvgIpc) is 2.91. The number of carbonyl (C=O) groups excluding carboxylic acids is 2. The fourth-order valence-corrected chi connectivity index (χ4v) is 4.79. The Balaban J connectivity index is 1.34. The van der Waals surface area contributed by atoms with Gasteiger partial charge in [-0.1, -0.05) is 18.2 Å². The van der Waals surface area contributed by atoms with Crippen LogP contribution in [-0.2, 0) is 9.53 Å². The highest BCUT2D eigenvalue weighted by Crippen LogP contribution is 2.30. The quantitative estimate of drug-likeness (QED) is 0.578. The monoisotopic (exact) mass is 480 g/mol. The molecule has 2 fully saturated rings.